The Balaban J connectivity index is 1.19. The highest BCUT2D eigenvalue weighted by molar-refractivity contribution is 6.59. The molecule has 3 nitrogen and oxygen atoms in total. The minimum absolute atomic E-state index is 0.00234. The van der Waals surface area contributed by atoms with E-state index in [9.17, 15) is 4.79 Å². The van der Waals surface area contributed by atoms with Crippen LogP contribution < -0.4 is 0 Å². The van der Waals surface area contributed by atoms with Crippen LogP contribution in [0.15, 0.2) is 241 Å². The lowest BCUT2D eigenvalue weighted by Crippen LogP contribution is -2.02. The molecule has 1 aliphatic carbocycles. The molecule has 0 fully saturated rings. The van der Waals surface area contributed by atoms with Gasteiger partial charge in [-0.1, -0.05) is 206 Å². The van der Waals surface area contributed by atoms with Crippen molar-refractivity contribution in [1.82, 2.24) is 0 Å². The summed E-state index contributed by atoms with van der Waals surface area (Å²) in [6.45, 7) is 0. The summed E-state index contributed by atoms with van der Waals surface area (Å²) < 4.78 is 0. The van der Waals surface area contributed by atoms with Gasteiger partial charge >= 0.3 is 0 Å². The van der Waals surface area contributed by atoms with Crippen LogP contribution in [0, 0.1) is 0 Å². The third-order valence-corrected chi connectivity index (χ3v) is 10.3. The molecular weight excluding hydrogens is 705 g/mol. The van der Waals surface area contributed by atoms with Gasteiger partial charge in [0, 0.05) is 44.5 Å². The fraction of sp³-hybridized carbons (Fsp3) is 0. The molecule has 0 radical (unpaired) electrons. The van der Waals surface area contributed by atoms with Crippen LogP contribution in [0.4, 0.5) is 11.4 Å². The monoisotopic (exact) mass is 742 g/mol. The molecule has 274 valence electrons. The van der Waals surface area contributed by atoms with E-state index in [-0.39, 0.29) is 5.78 Å². The number of hydrogen-bond acceptors (Lipinski definition) is 3. The molecule has 1 aliphatic rings. The van der Waals surface area contributed by atoms with Crippen molar-refractivity contribution in [3.8, 4) is 0 Å². The lowest BCUT2D eigenvalue weighted by Gasteiger charge is -2.15. The lowest BCUT2D eigenvalue weighted by atomic mass is 9.89. The van der Waals surface area contributed by atoms with Gasteiger partial charge in [-0.3, -0.25) is 4.79 Å². The van der Waals surface area contributed by atoms with E-state index in [2.05, 4.69) is 72.8 Å². The number of hydrogen-bond donors (Lipinski definition) is 0. The van der Waals surface area contributed by atoms with Gasteiger partial charge in [0.15, 0.2) is 5.78 Å². The first-order valence-electron chi connectivity index (χ1n) is 19.5. The molecule has 0 unspecified atom stereocenters. The quantitative estimate of drug-likeness (QED) is 0.129. The predicted octanol–water partition coefficient (Wildman–Crippen LogP) is 13.1. The number of aliphatic imine (C=N–C) groups is 2. The van der Waals surface area contributed by atoms with Crippen molar-refractivity contribution in [2.45, 2.75) is 0 Å². The maximum atomic E-state index is 15.0. The Morgan fingerprint density at radius 1 is 0.259 bits per heavy atom. The van der Waals surface area contributed by atoms with Crippen LogP contribution in [0.3, 0.4) is 0 Å². The molecule has 0 spiro atoms. The Bertz CT molecular complexity index is 2530. The number of allylic oxidation sites excluding steroid dienone is 4. The lowest BCUT2D eigenvalue weighted by molar-refractivity contribution is -0.108. The molecule has 3 heteroatoms. The fourth-order valence-electron chi connectivity index (χ4n) is 7.58. The Kier molecular flexibility index (Phi) is 10.2. The van der Waals surface area contributed by atoms with Crippen LogP contribution in [0.1, 0.15) is 44.5 Å². The minimum atomic E-state index is -0.00234. The van der Waals surface area contributed by atoms with Crippen molar-refractivity contribution >= 4 is 50.9 Å². The van der Waals surface area contributed by atoms with Crippen molar-refractivity contribution in [3.05, 3.63) is 275 Å². The highest BCUT2D eigenvalue weighted by atomic mass is 16.1. The van der Waals surface area contributed by atoms with Crippen LogP contribution in [0.5, 0.6) is 0 Å². The van der Waals surface area contributed by atoms with Gasteiger partial charge in [-0.05, 0) is 46.5 Å². The first-order valence-corrected chi connectivity index (χ1v) is 19.5. The molecule has 0 aromatic heterocycles. The second-order valence-electron chi connectivity index (χ2n) is 14.0. The normalized spacial score (nSPS) is 12.4. The standard InChI is InChI=1S/C55H38N2O/c58-55-51(39-19-7-1-8-20-39)49(41-31-35-47(36-32-41)56-53(43-23-11-3-12-24-43)44-25-13-4-14-26-44)50(52(55)40-21-9-2-10-22-40)42-33-37-48(38-34-42)57-54(45-27-15-5-16-28-45)46-29-17-6-18-30-46/h1-38H. The van der Waals surface area contributed by atoms with Crippen molar-refractivity contribution in [2.24, 2.45) is 9.98 Å². The van der Waals surface area contributed by atoms with Gasteiger partial charge in [-0.2, -0.15) is 0 Å². The van der Waals surface area contributed by atoms with Gasteiger partial charge in [0.25, 0.3) is 0 Å². The van der Waals surface area contributed by atoms with Crippen LogP contribution in [-0.4, -0.2) is 17.2 Å². The van der Waals surface area contributed by atoms with E-state index in [4.69, 9.17) is 9.98 Å². The largest absolute Gasteiger partial charge is 0.289 e. The highest BCUT2D eigenvalue weighted by Gasteiger charge is 2.35. The minimum Gasteiger partial charge on any atom is -0.289 e. The van der Waals surface area contributed by atoms with Gasteiger partial charge in [-0.25, -0.2) is 9.98 Å². The third kappa shape index (κ3) is 7.45. The molecule has 8 aromatic rings. The van der Waals surface area contributed by atoms with Crippen molar-refractivity contribution in [2.75, 3.05) is 0 Å². The van der Waals surface area contributed by atoms with Crippen LogP contribution in [-0.2, 0) is 4.79 Å². The van der Waals surface area contributed by atoms with Crippen molar-refractivity contribution < 1.29 is 4.79 Å². The molecule has 0 atom stereocenters. The molecule has 0 amide bonds. The molecule has 0 bridgehead atoms. The average Bonchev–Trinajstić information content (AvgIpc) is 3.61. The van der Waals surface area contributed by atoms with E-state index in [1.165, 1.54) is 0 Å². The van der Waals surface area contributed by atoms with E-state index < -0.39 is 0 Å². The van der Waals surface area contributed by atoms with E-state index in [0.29, 0.717) is 11.1 Å². The maximum absolute atomic E-state index is 15.0. The summed E-state index contributed by atoms with van der Waals surface area (Å²) in [4.78, 5) is 25.3. The van der Waals surface area contributed by atoms with Crippen LogP contribution in [0.2, 0.25) is 0 Å². The van der Waals surface area contributed by atoms with E-state index >= 15 is 0 Å². The van der Waals surface area contributed by atoms with Crippen LogP contribution in [0.25, 0.3) is 22.3 Å². The van der Waals surface area contributed by atoms with E-state index in [1.807, 2.05) is 158 Å². The number of nitrogens with zero attached hydrogens (tertiary/aromatic N) is 2. The number of carbonyl (C=O) groups is 1. The zero-order valence-electron chi connectivity index (χ0n) is 31.7. The topological polar surface area (TPSA) is 41.8 Å². The first-order chi connectivity index (χ1) is 28.7. The SMILES string of the molecule is O=C1C(c2ccccc2)=C(c2ccc(N=C(c3ccccc3)c3ccccc3)cc2)C(c2ccc(N=C(c3ccccc3)c3ccccc3)cc2)=C1c1ccccc1. The van der Waals surface area contributed by atoms with Crippen molar-refractivity contribution in [1.29, 1.82) is 0 Å². The van der Waals surface area contributed by atoms with Gasteiger partial charge < -0.3 is 0 Å². The molecule has 0 N–H and O–H groups in total. The third-order valence-electron chi connectivity index (χ3n) is 10.3. The number of carbonyl (C=O) groups excluding carboxylic acids is 1. The van der Waals surface area contributed by atoms with Gasteiger partial charge in [0.1, 0.15) is 0 Å². The molecule has 8 aromatic carbocycles. The fourth-order valence-corrected chi connectivity index (χ4v) is 7.58. The Labute approximate surface area is 339 Å². The summed E-state index contributed by atoms with van der Waals surface area (Å²) in [5.41, 5.74) is 14.4. The maximum Gasteiger partial charge on any atom is 0.195 e. The Hall–Kier alpha value is -7.75. The van der Waals surface area contributed by atoms with E-state index in [1.54, 1.807) is 0 Å². The summed E-state index contributed by atoms with van der Waals surface area (Å²) in [7, 11) is 0. The number of benzene rings is 8. The van der Waals surface area contributed by atoms with Gasteiger partial charge in [-0.15, -0.1) is 0 Å². The zero-order chi connectivity index (χ0) is 39.1. The molecule has 9 rings (SSSR count). The zero-order valence-corrected chi connectivity index (χ0v) is 31.7. The average molecular weight is 743 g/mol. The summed E-state index contributed by atoms with van der Waals surface area (Å²) in [5, 5.41) is 0. The molecule has 0 saturated heterocycles. The molecule has 0 saturated carbocycles. The Morgan fingerprint density at radius 2 is 0.500 bits per heavy atom. The summed E-state index contributed by atoms with van der Waals surface area (Å²) in [6, 6.07) is 77.6. The van der Waals surface area contributed by atoms with Crippen LogP contribution >= 0.6 is 0 Å². The van der Waals surface area contributed by atoms with E-state index in [0.717, 1.165) is 78.5 Å². The molecule has 0 heterocycles. The molecular formula is C55H38N2O. The Morgan fingerprint density at radius 3 is 0.776 bits per heavy atom. The summed E-state index contributed by atoms with van der Waals surface area (Å²) >= 11 is 0. The van der Waals surface area contributed by atoms with Gasteiger partial charge in [0.2, 0.25) is 0 Å². The number of ketones is 1. The van der Waals surface area contributed by atoms with Gasteiger partial charge in [0.05, 0.1) is 22.8 Å². The highest BCUT2D eigenvalue weighted by Crippen LogP contribution is 2.50. The predicted molar refractivity (Wildman–Crippen MR) is 241 cm³/mol. The number of rotatable bonds is 10. The summed E-state index contributed by atoms with van der Waals surface area (Å²) in [6.07, 6.45) is 0. The van der Waals surface area contributed by atoms with Crippen molar-refractivity contribution in [3.63, 3.8) is 0 Å². The summed E-state index contributed by atoms with van der Waals surface area (Å²) in [5.74, 6) is -0.00234. The number of Topliss-reactive ketones (excluding diaryl/α,β-unsaturated/α-hetero) is 1. The molecule has 0 aliphatic heterocycles. The molecule has 58 heavy (non-hydrogen) atoms. The first kappa shape index (κ1) is 35.9. The second kappa shape index (κ2) is 16.5. The smallest absolute Gasteiger partial charge is 0.195 e. The second-order valence-corrected chi connectivity index (χ2v) is 14.0.